The highest BCUT2D eigenvalue weighted by atomic mass is 32.2. The van der Waals surface area contributed by atoms with Crippen molar-refractivity contribution < 1.29 is 22.3 Å². The van der Waals surface area contributed by atoms with Crippen LogP contribution in [0, 0.1) is 25.1 Å². The van der Waals surface area contributed by atoms with Crippen molar-refractivity contribution >= 4 is 27.6 Å². The fourth-order valence-corrected chi connectivity index (χ4v) is 4.17. The molecule has 3 aromatic rings. The van der Waals surface area contributed by atoms with E-state index < -0.39 is 21.7 Å². The molecular weight excluding hydrogens is 461 g/mol. The Bertz CT molecular complexity index is 1320. The normalized spacial score (nSPS) is 10.5. The number of carbonyl (C=O) groups is 1. The molecule has 2 aromatic carbocycles. The van der Waals surface area contributed by atoms with Crippen molar-refractivity contribution in [3.63, 3.8) is 0 Å². The number of aryl methyl sites for hydroxylation is 1. The second kappa shape index (κ2) is 11.2. The molecule has 34 heavy (non-hydrogen) atoms. The molecule has 0 unspecified atom stereocenters. The Balaban J connectivity index is 0.00000408. The van der Waals surface area contributed by atoms with Crippen LogP contribution < -0.4 is 20.9 Å². The quantitative estimate of drug-likeness (QED) is 0.409. The van der Waals surface area contributed by atoms with Crippen LogP contribution in [0.15, 0.2) is 53.6 Å². The molecule has 0 saturated carbocycles. The zero-order valence-corrected chi connectivity index (χ0v) is 19.4. The van der Waals surface area contributed by atoms with E-state index in [0.29, 0.717) is 22.6 Å². The third-order valence-corrected chi connectivity index (χ3v) is 6.01. The Morgan fingerprint density at radius 3 is 2.56 bits per heavy atom. The number of amides is 1. The summed E-state index contributed by atoms with van der Waals surface area (Å²) in [5.41, 5.74) is 1.33. The summed E-state index contributed by atoms with van der Waals surface area (Å²) in [6.07, 6.45) is 6.21. The van der Waals surface area contributed by atoms with E-state index in [-0.39, 0.29) is 35.7 Å². The molecule has 0 atom stereocenters. The molecule has 0 aliphatic carbocycles. The molecule has 0 aliphatic rings. The molecule has 0 saturated heterocycles. The molecular formula is C23H24FN5O4S. The average Bonchev–Trinajstić information content (AvgIpc) is 2.80. The first-order chi connectivity index (χ1) is 15.7. The summed E-state index contributed by atoms with van der Waals surface area (Å²) in [5.74, 6) is 1.71. The second-order valence-electron chi connectivity index (χ2n) is 6.89. The first kappa shape index (κ1) is 26.2. The monoisotopic (exact) mass is 485 g/mol. The van der Waals surface area contributed by atoms with E-state index in [0.717, 1.165) is 6.20 Å². The number of benzene rings is 2. The minimum absolute atomic E-state index is 0. The van der Waals surface area contributed by atoms with Crippen LogP contribution >= 0.6 is 0 Å². The van der Waals surface area contributed by atoms with Crippen LogP contribution in [0.1, 0.15) is 18.9 Å². The lowest BCUT2D eigenvalue weighted by atomic mass is 10.1. The first-order valence-corrected chi connectivity index (χ1v) is 11.3. The standard InChI is InChI=1S/C23H21FN4O4S.H3N/c1-4-12-32-18-10-7-16(8-11-18)22-19(24)14-25-23(27-22)26-17-9-6-15(3)20(13-17)33(30,31)28-21(29)5-2;/h1,6-11,13-14H,5,12H2,2-3H3,(H,28,29)(H,25,26,27);1H3. The number of halogens is 1. The van der Waals surface area contributed by atoms with Gasteiger partial charge in [0.15, 0.2) is 5.82 Å². The van der Waals surface area contributed by atoms with Gasteiger partial charge in [0.25, 0.3) is 10.0 Å². The number of nitrogens with zero attached hydrogens (tertiary/aromatic N) is 2. The number of sulfonamides is 1. The molecule has 9 nitrogen and oxygen atoms in total. The molecule has 5 N–H and O–H groups in total. The number of hydrogen-bond acceptors (Lipinski definition) is 8. The molecule has 1 amide bonds. The predicted molar refractivity (Wildman–Crippen MR) is 127 cm³/mol. The van der Waals surface area contributed by atoms with Crippen molar-refractivity contribution in [2.75, 3.05) is 11.9 Å². The third kappa shape index (κ3) is 6.28. The fraction of sp³-hybridized carbons (Fsp3) is 0.174. The van der Waals surface area contributed by atoms with Crippen LogP contribution in [-0.2, 0) is 14.8 Å². The summed E-state index contributed by atoms with van der Waals surface area (Å²) in [6, 6.07) is 11.1. The number of hydrogen-bond donors (Lipinski definition) is 3. The first-order valence-electron chi connectivity index (χ1n) is 9.86. The Hall–Kier alpha value is -4.01. The number of terminal acetylenes is 1. The molecule has 1 heterocycles. The SMILES string of the molecule is C#CCOc1ccc(-c2nc(Nc3ccc(C)c(S(=O)(=O)NC(=O)CC)c3)ncc2F)cc1.N. The summed E-state index contributed by atoms with van der Waals surface area (Å²) in [4.78, 5) is 19.7. The van der Waals surface area contributed by atoms with Crippen LogP contribution in [0.2, 0.25) is 0 Å². The maximum atomic E-state index is 14.4. The smallest absolute Gasteiger partial charge is 0.264 e. The van der Waals surface area contributed by atoms with E-state index in [2.05, 4.69) is 21.2 Å². The van der Waals surface area contributed by atoms with Crippen LogP contribution in [-0.4, -0.2) is 30.9 Å². The lowest BCUT2D eigenvalue weighted by Gasteiger charge is -2.12. The average molecular weight is 486 g/mol. The van der Waals surface area contributed by atoms with E-state index in [1.165, 1.54) is 6.07 Å². The molecule has 0 bridgehead atoms. The van der Waals surface area contributed by atoms with Crippen molar-refractivity contribution in [2.45, 2.75) is 25.2 Å². The van der Waals surface area contributed by atoms with Gasteiger partial charge in [0.2, 0.25) is 11.9 Å². The van der Waals surface area contributed by atoms with Gasteiger partial charge in [-0.25, -0.2) is 27.5 Å². The molecule has 0 aliphatic heterocycles. The van der Waals surface area contributed by atoms with Crippen molar-refractivity contribution in [1.29, 1.82) is 0 Å². The largest absolute Gasteiger partial charge is 0.481 e. The number of anilines is 2. The molecule has 1 aromatic heterocycles. The minimum atomic E-state index is -4.05. The van der Waals surface area contributed by atoms with Crippen molar-refractivity contribution in [2.24, 2.45) is 0 Å². The van der Waals surface area contributed by atoms with Gasteiger partial charge in [-0.05, 0) is 48.9 Å². The number of aromatic nitrogens is 2. The van der Waals surface area contributed by atoms with E-state index >= 15 is 0 Å². The highest BCUT2D eigenvalue weighted by molar-refractivity contribution is 7.90. The van der Waals surface area contributed by atoms with Crippen molar-refractivity contribution in [3.05, 3.63) is 60.0 Å². The Morgan fingerprint density at radius 1 is 1.21 bits per heavy atom. The molecule has 11 heteroatoms. The van der Waals surface area contributed by atoms with E-state index in [1.807, 2.05) is 4.72 Å². The van der Waals surface area contributed by atoms with Crippen LogP contribution in [0.25, 0.3) is 11.3 Å². The van der Waals surface area contributed by atoms with Gasteiger partial charge in [-0.15, -0.1) is 6.42 Å². The lowest BCUT2D eigenvalue weighted by molar-refractivity contribution is -0.119. The summed E-state index contributed by atoms with van der Waals surface area (Å²) in [6.45, 7) is 3.28. The lowest BCUT2D eigenvalue weighted by Crippen LogP contribution is -2.30. The van der Waals surface area contributed by atoms with Crippen LogP contribution in [0.3, 0.4) is 0 Å². The number of carbonyl (C=O) groups excluding carboxylic acids is 1. The van der Waals surface area contributed by atoms with Gasteiger partial charge < -0.3 is 16.2 Å². The van der Waals surface area contributed by atoms with Gasteiger partial charge in [0, 0.05) is 17.7 Å². The molecule has 3 rings (SSSR count). The third-order valence-electron chi connectivity index (χ3n) is 4.50. The summed E-state index contributed by atoms with van der Waals surface area (Å²) in [7, 11) is -4.05. The van der Waals surface area contributed by atoms with Gasteiger partial charge in [0.1, 0.15) is 18.1 Å². The molecule has 0 radical (unpaired) electrons. The van der Waals surface area contributed by atoms with Gasteiger partial charge in [-0.3, -0.25) is 4.79 Å². The second-order valence-corrected chi connectivity index (χ2v) is 8.55. The van der Waals surface area contributed by atoms with Crippen molar-refractivity contribution in [1.82, 2.24) is 20.8 Å². The summed E-state index contributed by atoms with van der Waals surface area (Å²) < 4.78 is 46.8. The summed E-state index contributed by atoms with van der Waals surface area (Å²) >= 11 is 0. The van der Waals surface area contributed by atoms with Gasteiger partial charge in [-0.2, -0.15) is 0 Å². The zero-order chi connectivity index (χ0) is 24.0. The number of nitrogens with one attached hydrogen (secondary N) is 2. The van der Waals surface area contributed by atoms with Gasteiger partial charge >= 0.3 is 0 Å². The van der Waals surface area contributed by atoms with E-state index in [9.17, 15) is 17.6 Å². The summed E-state index contributed by atoms with van der Waals surface area (Å²) in [5, 5.41) is 2.87. The van der Waals surface area contributed by atoms with E-state index in [4.69, 9.17) is 11.2 Å². The Morgan fingerprint density at radius 2 is 1.91 bits per heavy atom. The molecule has 0 fully saturated rings. The fourth-order valence-electron chi connectivity index (χ4n) is 2.84. The zero-order valence-electron chi connectivity index (χ0n) is 18.6. The Labute approximate surface area is 197 Å². The van der Waals surface area contributed by atoms with Gasteiger partial charge in [0.05, 0.1) is 11.1 Å². The highest BCUT2D eigenvalue weighted by Crippen LogP contribution is 2.26. The maximum Gasteiger partial charge on any atom is 0.264 e. The molecule has 0 spiro atoms. The highest BCUT2D eigenvalue weighted by Gasteiger charge is 2.20. The minimum Gasteiger partial charge on any atom is -0.481 e. The topological polar surface area (TPSA) is 145 Å². The maximum absolute atomic E-state index is 14.4. The Kier molecular flexibility index (Phi) is 8.66. The van der Waals surface area contributed by atoms with Gasteiger partial charge in [-0.1, -0.05) is 18.9 Å². The van der Waals surface area contributed by atoms with Crippen LogP contribution in [0.5, 0.6) is 5.75 Å². The predicted octanol–water partition coefficient (Wildman–Crippen LogP) is 3.72. The van der Waals surface area contributed by atoms with Crippen LogP contribution in [0.4, 0.5) is 16.0 Å². The molecule has 178 valence electrons. The van der Waals surface area contributed by atoms with Crippen molar-refractivity contribution in [3.8, 4) is 29.4 Å². The van der Waals surface area contributed by atoms with E-state index in [1.54, 1.807) is 50.2 Å². The number of rotatable bonds is 8. The number of ether oxygens (including phenoxy) is 1.